The zero-order valence-corrected chi connectivity index (χ0v) is 9.02. The Kier molecular flexibility index (Phi) is 5.44. The Morgan fingerprint density at radius 2 is 2.25 bits per heavy atom. The zero-order chi connectivity index (χ0) is 11.8. The summed E-state index contributed by atoms with van der Waals surface area (Å²) in [5.41, 5.74) is 0. The summed E-state index contributed by atoms with van der Waals surface area (Å²) < 4.78 is 5.21. The van der Waals surface area contributed by atoms with Crippen molar-refractivity contribution in [2.75, 3.05) is 39.4 Å². The van der Waals surface area contributed by atoms with Crippen LogP contribution in [0.3, 0.4) is 0 Å². The number of nitro groups is 1. The smallest absolute Gasteiger partial charge is 0.357 e. The molecule has 0 aliphatic carbocycles. The van der Waals surface area contributed by atoms with E-state index in [-0.39, 0.29) is 0 Å². The van der Waals surface area contributed by atoms with E-state index in [1.54, 1.807) is 0 Å². The van der Waals surface area contributed by atoms with E-state index in [4.69, 9.17) is 10.1 Å². The lowest BCUT2D eigenvalue weighted by Crippen LogP contribution is -2.39. The first-order valence-electron chi connectivity index (χ1n) is 5.13. The van der Waals surface area contributed by atoms with Gasteiger partial charge in [0.25, 0.3) is 0 Å². The highest BCUT2D eigenvalue weighted by molar-refractivity contribution is 5.82. The van der Waals surface area contributed by atoms with Gasteiger partial charge in [-0.2, -0.15) is 0 Å². The molecule has 90 valence electrons. The third-order valence-electron chi connectivity index (χ3n) is 2.23. The van der Waals surface area contributed by atoms with Crippen molar-refractivity contribution in [3.05, 3.63) is 22.4 Å². The summed E-state index contributed by atoms with van der Waals surface area (Å²) in [5, 5.41) is 19.9. The van der Waals surface area contributed by atoms with Crippen molar-refractivity contribution in [1.82, 2.24) is 10.2 Å². The van der Waals surface area contributed by atoms with Gasteiger partial charge in [-0.15, -0.1) is 0 Å². The Morgan fingerprint density at radius 1 is 1.56 bits per heavy atom. The fourth-order valence-corrected chi connectivity index (χ4v) is 1.33. The number of amidine groups is 1. The molecule has 1 aliphatic rings. The van der Waals surface area contributed by atoms with E-state index < -0.39 is 10.8 Å². The molecule has 0 amide bonds. The van der Waals surface area contributed by atoms with E-state index in [0.717, 1.165) is 38.9 Å². The predicted molar refractivity (Wildman–Crippen MR) is 59.1 cm³/mol. The summed E-state index contributed by atoms with van der Waals surface area (Å²) in [7, 11) is 0. The molecule has 1 heterocycles. The van der Waals surface area contributed by atoms with E-state index >= 15 is 0 Å². The summed E-state index contributed by atoms with van der Waals surface area (Å²) in [6.07, 6.45) is 2.57. The summed E-state index contributed by atoms with van der Waals surface area (Å²) >= 11 is 0. The average molecular weight is 228 g/mol. The Bertz CT molecular complexity index is 274. The molecule has 0 spiro atoms. The normalized spacial score (nSPS) is 17.5. The standard InChI is InChI=1S/C9H16N4O3/c10-9(13(14)15)1-2-11-3-4-12-5-7-16-8-6-12/h1-2,10-11H,3-8H2/b2-1-,10-9?. The first kappa shape index (κ1) is 12.6. The molecule has 0 atom stereocenters. The van der Waals surface area contributed by atoms with Crippen LogP contribution in [0.2, 0.25) is 0 Å². The van der Waals surface area contributed by atoms with Crippen molar-refractivity contribution in [1.29, 1.82) is 5.41 Å². The van der Waals surface area contributed by atoms with Crippen molar-refractivity contribution in [2.24, 2.45) is 0 Å². The highest BCUT2D eigenvalue weighted by Gasteiger charge is 2.08. The van der Waals surface area contributed by atoms with Crippen LogP contribution in [0.1, 0.15) is 0 Å². The first-order valence-corrected chi connectivity index (χ1v) is 5.13. The lowest BCUT2D eigenvalue weighted by atomic mass is 10.4. The maximum absolute atomic E-state index is 10.1. The molecular weight excluding hydrogens is 212 g/mol. The Hall–Kier alpha value is -1.47. The van der Waals surface area contributed by atoms with E-state index in [2.05, 4.69) is 10.2 Å². The maximum Gasteiger partial charge on any atom is 0.357 e. The largest absolute Gasteiger partial charge is 0.389 e. The molecule has 1 saturated heterocycles. The third kappa shape index (κ3) is 4.85. The Labute approximate surface area is 93.7 Å². The highest BCUT2D eigenvalue weighted by atomic mass is 16.6. The van der Waals surface area contributed by atoms with Crippen LogP contribution >= 0.6 is 0 Å². The lowest BCUT2D eigenvalue weighted by molar-refractivity contribution is -0.349. The fourth-order valence-electron chi connectivity index (χ4n) is 1.33. The highest BCUT2D eigenvalue weighted by Crippen LogP contribution is 1.94. The topological polar surface area (TPSA) is 91.5 Å². The minimum Gasteiger partial charge on any atom is -0.389 e. The van der Waals surface area contributed by atoms with Gasteiger partial charge in [0, 0.05) is 32.4 Å². The van der Waals surface area contributed by atoms with Gasteiger partial charge in [-0.25, -0.2) is 0 Å². The van der Waals surface area contributed by atoms with Crippen molar-refractivity contribution in [3.8, 4) is 0 Å². The SMILES string of the molecule is N=C(/C=C\NCCN1CCOCC1)[N+](=O)[O-]. The predicted octanol–water partition coefficient (Wildman–Crippen LogP) is -0.324. The monoisotopic (exact) mass is 228 g/mol. The molecule has 0 aromatic heterocycles. The summed E-state index contributed by atoms with van der Waals surface area (Å²) in [6, 6.07) is 0. The van der Waals surface area contributed by atoms with Crippen LogP contribution in [0.5, 0.6) is 0 Å². The maximum atomic E-state index is 10.1. The summed E-state index contributed by atoms with van der Waals surface area (Å²) in [6.45, 7) is 4.97. The molecule has 0 aromatic carbocycles. The van der Waals surface area contributed by atoms with Crippen LogP contribution in [0.25, 0.3) is 0 Å². The van der Waals surface area contributed by atoms with E-state index in [1.165, 1.54) is 6.20 Å². The Balaban J connectivity index is 2.06. The number of ether oxygens (including phenoxy) is 1. The van der Waals surface area contributed by atoms with Gasteiger partial charge >= 0.3 is 5.84 Å². The van der Waals surface area contributed by atoms with Crippen molar-refractivity contribution < 1.29 is 9.66 Å². The molecule has 7 heteroatoms. The molecular formula is C9H16N4O3. The van der Waals surface area contributed by atoms with E-state index in [1.807, 2.05) is 0 Å². The molecule has 1 fully saturated rings. The number of rotatable bonds is 5. The van der Waals surface area contributed by atoms with Gasteiger partial charge in [-0.3, -0.25) is 4.90 Å². The van der Waals surface area contributed by atoms with Crippen molar-refractivity contribution >= 4 is 5.84 Å². The van der Waals surface area contributed by atoms with Crippen LogP contribution in [0.4, 0.5) is 0 Å². The number of hydrogen-bond acceptors (Lipinski definition) is 6. The number of morpholine rings is 1. The number of nitrogens with one attached hydrogen (secondary N) is 2. The summed E-state index contributed by atoms with van der Waals surface area (Å²) in [5.74, 6) is -0.612. The Morgan fingerprint density at radius 3 is 2.88 bits per heavy atom. The van der Waals surface area contributed by atoms with Gasteiger partial charge in [0.1, 0.15) is 0 Å². The molecule has 16 heavy (non-hydrogen) atoms. The second-order valence-electron chi connectivity index (χ2n) is 3.38. The van der Waals surface area contributed by atoms with E-state index in [0.29, 0.717) is 6.54 Å². The third-order valence-corrected chi connectivity index (χ3v) is 2.23. The molecule has 0 bridgehead atoms. The van der Waals surface area contributed by atoms with Crippen molar-refractivity contribution in [2.45, 2.75) is 0 Å². The van der Waals surface area contributed by atoms with E-state index in [9.17, 15) is 10.1 Å². The minimum atomic E-state index is -0.736. The second kappa shape index (κ2) is 6.91. The van der Waals surface area contributed by atoms with Crippen LogP contribution in [-0.2, 0) is 4.74 Å². The molecule has 1 rings (SSSR count). The van der Waals surface area contributed by atoms with Gasteiger partial charge < -0.3 is 20.2 Å². The average Bonchev–Trinajstić information content (AvgIpc) is 2.29. The fraction of sp³-hybridized carbons (Fsp3) is 0.667. The van der Waals surface area contributed by atoms with Gasteiger partial charge in [0.05, 0.1) is 19.3 Å². The molecule has 0 radical (unpaired) electrons. The quantitative estimate of drug-likeness (QED) is 0.221. The minimum absolute atomic E-state index is 0.612. The summed E-state index contributed by atoms with van der Waals surface area (Å²) in [4.78, 5) is 11.6. The van der Waals surface area contributed by atoms with Crippen LogP contribution in [0, 0.1) is 15.5 Å². The van der Waals surface area contributed by atoms with Gasteiger partial charge in [-0.1, -0.05) is 5.41 Å². The molecule has 1 aliphatic heterocycles. The number of hydrogen-bond donors (Lipinski definition) is 2. The second-order valence-corrected chi connectivity index (χ2v) is 3.38. The van der Waals surface area contributed by atoms with Gasteiger partial charge in [0.15, 0.2) is 0 Å². The molecule has 7 nitrogen and oxygen atoms in total. The lowest BCUT2D eigenvalue weighted by Gasteiger charge is -2.26. The van der Waals surface area contributed by atoms with Crippen LogP contribution in [0.15, 0.2) is 12.3 Å². The molecule has 2 N–H and O–H groups in total. The van der Waals surface area contributed by atoms with Gasteiger partial charge in [-0.05, 0) is 4.92 Å². The van der Waals surface area contributed by atoms with Crippen LogP contribution < -0.4 is 5.32 Å². The van der Waals surface area contributed by atoms with Crippen molar-refractivity contribution in [3.63, 3.8) is 0 Å². The first-order chi connectivity index (χ1) is 7.70. The molecule has 0 unspecified atom stereocenters. The van der Waals surface area contributed by atoms with Gasteiger partial charge in [0.2, 0.25) is 0 Å². The molecule has 0 saturated carbocycles. The zero-order valence-electron chi connectivity index (χ0n) is 9.02. The number of nitrogens with zero attached hydrogens (tertiary/aromatic N) is 2. The van der Waals surface area contributed by atoms with Crippen LogP contribution in [-0.4, -0.2) is 55.1 Å². The molecule has 0 aromatic rings.